The molecule has 2 aromatic carbocycles. The fourth-order valence-corrected chi connectivity index (χ4v) is 5.44. The van der Waals surface area contributed by atoms with Crippen LogP contribution in [0.25, 0.3) is 0 Å². The van der Waals surface area contributed by atoms with E-state index in [1.54, 1.807) is 13.8 Å². The Hall–Kier alpha value is -3.44. The minimum absolute atomic E-state index is 0.0617. The molecule has 0 radical (unpaired) electrons. The number of halogens is 6. The van der Waals surface area contributed by atoms with Gasteiger partial charge < -0.3 is 15.0 Å². The van der Waals surface area contributed by atoms with Crippen molar-refractivity contribution in [1.82, 2.24) is 10.2 Å². The fraction of sp³-hybridized carbons (Fsp3) is 0.481. The number of amides is 3. The van der Waals surface area contributed by atoms with Crippen LogP contribution in [0.3, 0.4) is 0 Å². The number of aryl methyl sites for hydroxylation is 2. The van der Waals surface area contributed by atoms with Crippen LogP contribution in [0.15, 0.2) is 30.3 Å². The van der Waals surface area contributed by atoms with Crippen molar-refractivity contribution in [2.24, 2.45) is 0 Å². The Bertz CT molecular complexity index is 1230. The van der Waals surface area contributed by atoms with Crippen LogP contribution in [0, 0.1) is 0 Å². The number of fused-ring (bicyclic) bond motifs is 2. The van der Waals surface area contributed by atoms with Crippen LogP contribution in [0.2, 0.25) is 0 Å². The summed E-state index contributed by atoms with van der Waals surface area (Å²) in [5.41, 5.74) is -0.0209. The van der Waals surface area contributed by atoms with Gasteiger partial charge in [0.1, 0.15) is 0 Å². The van der Waals surface area contributed by atoms with Crippen molar-refractivity contribution in [2.45, 2.75) is 70.5 Å². The Morgan fingerprint density at radius 2 is 1.59 bits per heavy atom. The monoisotopic (exact) mass is 557 g/mol. The standard InChI is InChI=1S/C27H29F6N3O3/c1-4-39-25(38)36-15(2)8-22(21-11-17-6-5-7-18(17)12-23(21)36)35(24(37)34-3)14-16-9-19(26(28,29)30)13-20(10-16)27(31,32)33/h9-13,15,22H,4-8,14H2,1-3H3,(H,34,37)/t15-,22+/m0/s1. The molecular formula is C27H29F6N3O3. The average molecular weight is 558 g/mol. The van der Waals surface area contributed by atoms with Gasteiger partial charge in [0.25, 0.3) is 0 Å². The Kier molecular flexibility index (Phi) is 7.77. The lowest BCUT2D eigenvalue weighted by Gasteiger charge is -2.43. The lowest BCUT2D eigenvalue weighted by Crippen LogP contribution is -2.49. The number of hydrogen-bond acceptors (Lipinski definition) is 3. The van der Waals surface area contributed by atoms with Gasteiger partial charge in [0.05, 0.1) is 29.5 Å². The number of carbonyl (C=O) groups is 2. The van der Waals surface area contributed by atoms with Crippen LogP contribution in [0.1, 0.15) is 66.1 Å². The van der Waals surface area contributed by atoms with Gasteiger partial charge in [-0.1, -0.05) is 6.07 Å². The van der Waals surface area contributed by atoms with E-state index in [9.17, 15) is 35.9 Å². The minimum atomic E-state index is -5.01. The molecule has 0 saturated heterocycles. The van der Waals surface area contributed by atoms with Gasteiger partial charge in [-0.3, -0.25) is 4.90 Å². The van der Waals surface area contributed by atoms with Crippen molar-refractivity contribution in [2.75, 3.05) is 18.6 Å². The molecule has 6 nitrogen and oxygen atoms in total. The number of anilines is 1. The predicted molar refractivity (Wildman–Crippen MR) is 131 cm³/mol. The topological polar surface area (TPSA) is 61.9 Å². The number of nitrogens with zero attached hydrogens (tertiary/aromatic N) is 2. The zero-order chi connectivity index (χ0) is 28.7. The van der Waals surface area contributed by atoms with Crippen LogP contribution < -0.4 is 10.2 Å². The molecule has 0 aromatic heterocycles. The van der Waals surface area contributed by atoms with Gasteiger partial charge in [0.2, 0.25) is 0 Å². The Morgan fingerprint density at radius 3 is 2.13 bits per heavy atom. The number of nitrogens with one attached hydrogen (secondary N) is 1. The van der Waals surface area contributed by atoms with Crippen LogP contribution >= 0.6 is 0 Å². The van der Waals surface area contributed by atoms with Crippen molar-refractivity contribution in [1.29, 1.82) is 0 Å². The molecule has 12 heteroatoms. The van der Waals surface area contributed by atoms with Gasteiger partial charge in [-0.05, 0) is 86.1 Å². The molecule has 2 aliphatic rings. The van der Waals surface area contributed by atoms with Crippen molar-refractivity contribution in [3.63, 3.8) is 0 Å². The molecule has 0 unspecified atom stereocenters. The quantitative estimate of drug-likeness (QED) is 0.419. The normalized spacial score (nSPS) is 18.8. The van der Waals surface area contributed by atoms with Gasteiger partial charge in [0.15, 0.2) is 0 Å². The number of benzene rings is 2. The maximum Gasteiger partial charge on any atom is 0.416 e. The third-order valence-corrected chi connectivity index (χ3v) is 7.18. The molecular weight excluding hydrogens is 528 g/mol. The highest BCUT2D eigenvalue weighted by Gasteiger charge is 2.41. The molecule has 39 heavy (non-hydrogen) atoms. The summed E-state index contributed by atoms with van der Waals surface area (Å²) < 4.78 is 86.3. The third kappa shape index (κ3) is 5.79. The first-order chi connectivity index (χ1) is 18.2. The van der Waals surface area contributed by atoms with E-state index in [4.69, 9.17) is 4.74 Å². The molecule has 0 bridgehead atoms. The van der Waals surface area contributed by atoms with Crippen molar-refractivity contribution in [3.8, 4) is 0 Å². The minimum Gasteiger partial charge on any atom is -0.449 e. The number of ether oxygens (including phenoxy) is 1. The van der Waals surface area contributed by atoms with E-state index in [1.807, 2.05) is 12.1 Å². The second-order valence-electron chi connectivity index (χ2n) is 9.80. The Morgan fingerprint density at radius 1 is 1.00 bits per heavy atom. The van der Waals surface area contributed by atoms with Crippen LogP contribution in [0.4, 0.5) is 41.6 Å². The summed E-state index contributed by atoms with van der Waals surface area (Å²) in [4.78, 5) is 28.7. The molecule has 1 N–H and O–H groups in total. The lowest BCUT2D eigenvalue weighted by molar-refractivity contribution is -0.143. The summed E-state index contributed by atoms with van der Waals surface area (Å²) in [6.45, 7) is 3.07. The summed E-state index contributed by atoms with van der Waals surface area (Å²) in [5, 5.41) is 2.46. The molecule has 3 amide bonds. The van der Waals surface area contributed by atoms with Gasteiger partial charge in [-0.25, -0.2) is 9.59 Å². The van der Waals surface area contributed by atoms with Crippen molar-refractivity contribution in [3.05, 3.63) is 63.7 Å². The molecule has 2 aromatic rings. The summed E-state index contributed by atoms with van der Waals surface area (Å²) in [7, 11) is 1.34. The predicted octanol–water partition coefficient (Wildman–Crippen LogP) is 6.85. The van der Waals surface area contributed by atoms with E-state index in [1.165, 1.54) is 16.8 Å². The molecule has 1 aliphatic carbocycles. The second kappa shape index (κ2) is 10.6. The molecule has 1 aliphatic heterocycles. The Labute approximate surface area is 221 Å². The first-order valence-corrected chi connectivity index (χ1v) is 12.6. The number of carbonyl (C=O) groups excluding carboxylic acids is 2. The first kappa shape index (κ1) is 28.6. The summed E-state index contributed by atoms with van der Waals surface area (Å²) in [6.07, 6.45) is -7.90. The summed E-state index contributed by atoms with van der Waals surface area (Å²) in [5.74, 6) is 0. The van der Waals surface area contributed by atoms with E-state index in [-0.39, 0.29) is 24.7 Å². The smallest absolute Gasteiger partial charge is 0.416 e. The summed E-state index contributed by atoms with van der Waals surface area (Å²) >= 11 is 0. The number of alkyl halides is 6. The van der Waals surface area contributed by atoms with E-state index in [0.717, 1.165) is 30.4 Å². The largest absolute Gasteiger partial charge is 0.449 e. The molecule has 0 saturated carbocycles. The van der Waals surface area contributed by atoms with Crippen LogP contribution in [-0.4, -0.2) is 36.7 Å². The van der Waals surface area contributed by atoms with Gasteiger partial charge in [-0.15, -0.1) is 0 Å². The van der Waals surface area contributed by atoms with Gasteiger partial charge >= 0.3 is 24.5 Å². The Balaban J connectivity index is 1.83. The van der Waals surface area contributed by atoms with Gasteiger partial charge in [0, 0.05) is 19.6 Å². The number of urea groups is 1. The maximum atomic E-state index is 13.5. The zero-order valence-corrected chi connectivity index (χ0v) is 21.7. The lowest BCUT2D eigenvalue weighted by atomic mass is 9.88. The molecule has 212 valence electrons. The highest BCUT2D eigenvalue weighted by molar-refractivity contribution is 5.91. The van der Waals surface area contributed by atoms with E-state index >= 15 is 0 Å². The molecule has 4 rings (SSSR count). The van der Waals surface area contributed by atoms with E-state index in [2.05, 4.69) is 5.32 Å². The number of hydrogen-bond donors (Lipinski definition) is 1. The average Bonchev–Trinajstić information content (AvgIpc) is 3.31. The second-order valence-corrected chi connectivity index (χ2v) is 9.80. The summed E-state index contributed by atoms with van der Waals surface area (Å²) in [6, 6.07) is 3.23. The van der Waals surface area contributed by atoms with Crippen LogP contribution in [-0.2, 0) is 36.5 Å². The van der Waals surface area contributed by atoms with E-state index < -0.39 is 54.2 Å². The van der Waals surface area contributed by atoms with Crippen molar-refractivity contribution >= 4 is 17.8 Å². The van der Waals surface area contributed by atoms with Gasteiger partial charge in [-0.2, -0.15) is 26.3 Å². The molecule has 2 atom stereocenters. The maximum absolute atomic E-state index is 13.5. The SMILES string of the molecule is CCOC(=O)N1c2cc3c(cc2[C@H](N(Cc2cc(C(F)(F)F)cc(C(F)(F)F)c2)C(=O)NC)C[C@@H]1C)CCC3. The number of rotatable bonds is 4. The molecule has 0 spiro atoms. The fourth-order valence-electron chi connectivity index (χ4n) is 5.44. The molecule has 1 heterocycles. The van der Waals surface area contributed by atoms with Crippen molar-refractivity contribution < 1.29 is 40.7 Å². The highest BCUT2D eigenvalue weighted by atomic mass is 19.4. The van der Waals surface area contributed by atoms with E-state index in [0.29, 0.717) is 23.4 Å². The highest BCUT2D eigenvalue weighted by Crippen LogP contribution is 2.45. The zero-order valence-electron chi connectivity index (χ0n) is 21.7. The van der Waals surface area contributed by atoms with Crippen LogP contribution in [0.5, 0.6) is 0 Å². The third-order valence-electron chi connectivity index (χ3n) is 7.18. The molecule has 0 fully saturated rings. The first-order valence-electron chi connectivity index (χ1n) is 12.6.